The Kier molecular flexibility index (Phi) is 4.87. The van der Waals surface area contributed by atoms with Gasteiger partial charge in [-0.2, -0.15) is 0 Å². The molecule has 42 heavy (non-hydrogen) atoms. The van der Waals surface area contributed by atoms with Gasteiger partial charge >= 0.3 is 0 Å². The monoisotopic (exact) mass is 536 g/mol. The number of benzene rings is 6. The van der Waals surface area contributed by atoms with Gasteiger partial charge in [0.2, 0.25) is 0 Å². The van der Waals surface area contributed by atoms with Crippen molar-refractivity contribution in [2.24, 2.45) is 0 Å². The minimum atomic E-state index is 0.728. The highest BCUT2D eigenvalue weighted by Crippen LogP contribution is 2.42. The molecule has 9 rings (SSSR count). The summed E-state index contributed by atoms with van der Waals surface area (Å²) in [5, 5.41) is 6.01. The van der Waals surface area contributed by atoms with Crippen molar-refractivity contribution >= 4 is 54.5 Å². The number of hydrogen-bond donors (Lipinski definition) is 0. The lowest BCUT2D eigenvalue weighted by Crippen LogP contribution is -1.95. The number of fused-ring (bicyclic) bond motifs is 8. The molecule has 3 heterocycles. The fourth-order valence-electron chi connectivity index (χ4n) is 6.53. The smallest absolute Gasteiger partial charge is 0.159 e. The van der Waals surface area contributed by atoms with Crippen molar-refractivity contribution in [3.8, 4) is 22.8 Å². The number of rotatable bonds is 3. The topological polar surface area (TPSA) is 35.6 Å². The lowest BCUT2D eigenvalue weighted by molar-refractivity contribution is 1.17. The van der Waals surface area contributed by atoms with Gasteiger partial charge in [-0.3, -0.25) is 0 Å². The van der Waals surface area contributed by atoms with Crippen LogP contribution in [0.3, 0.4) is 0 Å². The van der Waals surface area contributed by atoms with E-state index in [9.17, 15) is 0 Å². The quantitative estimate of drug-likeness (QED) is 0.225. The van der Waals surface area contributed by atoms with Gasteiger partial charge in [-0.1, -0.05) is 84.9 Å². The van der Waals surface area contributed by atoms with E-state index in [-0.39, 0.29) is 0 Å². The van der Waals surface area contributed by atoms with Crippen LogP contribution in [0.5, 0.6) is 0 Å². The van der Waals surface area contributed by atoms with E-state index in [1.807, 2.05) is 30.5 Å². The van der Waals surface area contributed by atoms with Crippen LogP contribution in [0, 0.1) is 0 Å². The van der Waals surface area contributed by atoms with Crippen LogP contribution in [0.15, 0.2) is 146 Å². The van der Waals surface area contributed by atoms with E-state index in [0.717, 1.165) is 39.2 Å². The Balaban J connectivity index is 1.42. The number of nitrogens with zero attached hydrogens (tertiary/aromatic N) is 4. The summed E-state index contributed by atoms with van der Waals surface area (Å²) in [6, 6.07) is 49.3. The molecule has 3 aromatic heterocycles. The van der Waals surface area contributed by atoms with Gasteiger partial charge < -0.3 is 9.13 Å². The van der Waals surface area contributed by atoms with E-state index in [2.05, 4.69) is 124 Å². The number of para-hydroxylation sites is 4. The van der Waals surface area contributed by atoms with Gasteiger partial charge in [-0.15, -0.1) is 0 Å². The molecule has 0 atom stereocenters. The molecule has 0 bridgehead atoms. The Labute approximate surface area is 241 Å². The molecule has 0 saturated carbocycles. The zero-order valence-corrected chi connectivity index (χ0v) is 22.6. The van der Waals surface area contributed by atoms with Crippen molar-refractivity contribution in [2.45, 2.75) is 0 Å². The molecular formula is C38H24N4. The highest BCUT2D eigenvalue weighted by molar-refractivity contribution is 6.29. The second kappa shape index (κ2) is 8.88. The zero-order chi connectivity index (χ0) is 27.6. The molecule has 0 amide bonds. The van der Waals surface area contributed by atoms with Crippen LogP contribution in [0.4, 0.5) is 0 Å². The normalized spacial score (nSPS) is 11.8. The van der Waals surface area contributed by atoms with Gasteiger partial charge in [-0.05, 0) is 54.6 Å². The van der Waals surface area contributed by atoms with Crippen LogP contribution in [0.1, 0.15) is 0 Å². The van der Waals surface area contributed by atoms with Crippen molar-refractivity contribution in [3.05, 3.63) is 146 Å². The Hall–Kier alpha value is -5.74. The summed E-state index contributed by atoms with van der Waals surface area (Å²) in [5.41, 5.74) is 8.94. The average molecular weight is 537 g/mol. The maximum Gasteiger partial charge on any atom is 0.159 e. The molecule has 4 heteroatoms. The molecule has 0 radical (unpaired) electrons. The highest BCUT2D eigenvalue weighted by Gasteiger charge is 2.21. The van der Waals surface area contributed by atoms with E-state index in [1.165, 1.54) is 38.1 Å². The van der Waals surface area contributed by atoms with Crippen LogP contribution < -0.4 is 0 Å². The van der Waals surface area contributed by atoms with Gasteiger partial charge in [-0.25, -0.2) is 9.97 Å². The third kappa shape index (κ3) is 3.29. The highest BCUT2D eigenvalue weighted by atomic mass is 15.0. The number of hydrogen-bond acceptors (Lipinski definition) is 2. The Morgan fingerprint density at radius 3 is 1.79 bits per heavy atom. The summed E-state index contributed by atoms with van der Waals surface area (Å²) in [6.07, 6.45) is 1.91. The fraction of sp³-hybridized carbons (Fsp3) is 0. The van der Waals surface area contributed by atoms with Gasteiger partial charge in [0.1, 0.15) is 0 Å². The number of aromatic nitrogens is 4. The van der Waals surface area contributed by atoms with Crippen LogP contribution in [0.25, 0.3) is 77.3 Å². The maximum atomic E-state index is 4.91. The molecular weight excluding hydrogens is 512 g/mol. The first kappa shape index (κ1) is 23.0. The summed E-state index contributed by atoms with van der Waals surface area (Å²) in [5.74, 6) is 0.728. The van der Waals surface area contributed by atoms with Gasteiger partial charge in [0.25, 0.3) is 0 Å². The minimum Gasteiger partial charge on any atom is -0.309 e. The van der Waals surface area contributed by atoms with Crippen LogP contribution in [0.2, 0.25) is 0 Å². The largest absolute Gasteiger partial charge is 0.309 e. The summed E-state index contributed by atoms with van der Waals surface area (Å²) < 4.78 is 4.76. The Morgan fingerprint density at radius 2 is 1.05 bits per heavy atom. The summed E-state index contributed by atoms with van der Waals surface area (Å²) in [6.45, 7) is 0. The first-order chi connectivity index (χ1) is 20.8. The van der Waals surface area contributed by atoms with E-state index >= 15 is 0 Å². The lowest BCUT2D eigenvalue weighted by Gasteiger charge is -2.09. The average Bonchev–Trinajstić information content (AvgIpc) is 3.57. The Morgan fingerprint density at radius 1 is 0.452 bits per heavy atom. The predicted octanol–water partition coefficient (Wildman–Crippen LogP) is 9.49. The molecule has 4 nitrogen and oxygen atoms in total. The minimum absolute atomic E-state index is 0.728. The van der Waals surface area contributed by atoms with Crippen LogP contribution in [-0.2, 0) is 0 Å². The maximum absolute atomic E-state index is 4.91. The van der Waals surface area contributed by atoms with E-state index in [0.29, 0.717) is 0 Å². The molecule has 0 aliphatic carbocycles. The molecule has 6 aromatic carbocycles. The third-order valence-electron chi connectivity index (χ3n) is 8.34. The second-order valence-electron chi connectivity index (χ2n) is 10.7. The van der Waals surface area contributed by atoms with Gasteiger partial charge in [0, 0.05) is 50.1 Å². The fourth-order valence-corrected chi connectivity index (χ4v) is 6.53. The molecule has 196 valence electrons. The van der Waals surface area contributed by atoms with Gasteiger partial charge in [0.15, 0.2) is 5.82 Å². The summed E-state index contributed by atoms with van der Waals surface area (Å²) in [4.78, 5) is 9.66. The van der Waals surface area contributed by atoms with Crippen molar-refractivity contribution in [3.63, 3.8) is 0 Å². The van der Waals surface area contributed by atoms with Crippen molar-refractivity contribution in [2.75, 3.05) is 0 Å². The standard InChI is InChI=1S/C38H24N4/c1-3-12-27(13-4-1)41-32-18-10-8-16-29(32)36-33(41)21-22-34-37(36)30-20-19-25(23-35(30)42(34)28-14-5-2-6-15-28)38-39-24-26-11-7-9-17-31(26)40-38/h1-24H. The molecule has 0 aliphatic rings. The van der Waals surface area contributed by atoms with Crippen LogP contribution >= 0.6 is 0 Å². The molecule has 0 N–H and O–H groups in total. The summed E-state index contributed by atoms with van der Waals surface area (Å²) in [7, 11) is 0. The van der Waals surface area contributed by atoms with E-state index < -0.39 is 0 Å². The third-order valence-corrected chi connectivity index (χ3v) is 8.34. The van der Waals surface area contributed by atoms with Gasteiger partial charge in [0.05, 0.1) is 27.6 Å². The SMILES string of the molecule is c1ccc(-n2c3ccccc3c3c4c5ccc(-c6ncc7ccccc7n6)cc5n(-c5ccccc5)c4ccc32)cc1. The molecule has 9 aromatic rings. The molecule has 0 saturated heterocycles. The molecule has 0 fully saturated rings. The first-order valence-corrected chi connectivity index (χ1v) is 14.2. The Bertz CT molecular complexity index is 2450. The van der Waals surface area contributed by atoms with Crippen LogP contribution in [-0.4, -0.2) is 19.1 Å². The van der Waals surface area contributed by atoms with Crippen molar-refractivity contribution in [1.29, 1.82) is 0 Å². The molecule has 0 spiro atoms. The van der Waals surface area contributed by atoms with Crippen molar-refractivity contribution < 1.29 is 0 Å². The lowest BCUT2D eigenvalue weighted by atomic mass is 10.0. The van der Waals surface area contributed by atoms with Crippen molar-refractivity contribution in [1.82, 2.24) is 19.1 Å². The van der Waals surface area contributed by atoms with E-state index in [4.69, 9.17) is 9.97 Å². The predicted molar refractivity (Wildman–Crippen MR) is 174 cm³/mol. The second-order valence-corrected chi connectivity index (χ2v) is 10.7. The molecule has 0 aliphatic heterocycles. The summed E-state index contributed by atoms with van der Waals surface area (Å²) >= 11 is 0. The van der Waals surface area contributed by atoms with E-state index in [1.54, 1.807) is 0 Å². The molecule has 0 unspecified atom stereocenters. The first-order valence-electron chi connectivity index (χ1n) is 14.2. The zero-order valence-electron chi connectivity index (χ0n) is 22.6.